The molecule has 2 aromatic heterocycles. The summed E-state index contributed by atoms with van der Waals surface area (Å²) < 4.78 is 8.06. The van der Waals surface area contributed by atoms with Crippen molar-refractivity contribution in [2.24, 2.45) is 0 Å². The number of likely N-dealkylation sites (N-methyl/N-ethyl adjacent to an activating group) is 1. The van der Waals surface area contributed by atoms with Crippen molar-refractivity contribution in [3.63, 3.8) is 0 Å². The van der Waals surface area contributed by atoms with Gasteiger partial charge in [0.15, 0.2) is 10.8 Å². The minimum Gasteiger partial charge on any atom is -0.492 e. The van der Waals surface area contributed by atoms with Gasteiger partial charge in [0.2, 0.25) is 5.91 Å². The highest BCUT2D eigenvalue weighted by Crippen LogP contribution is 2.42. The van der Waals surface area contributed by atoms with Crippen molar-refractivity contribution in [3.8, 4) is 27.8 Å². The molecule has 0 saturated carbocycles. The fourth-order valence-electron chi connectivity index (χ4n) is 4.57. The zero-order valence-electron chi connectivity index (χ0n) is 19.8. The molecular weight excluding hydrogens is 436 g/mol. The average molecular weight is 467 g/mol. The molecule has 33 heavy (non-hydrogen) atoms. The lowest BCUT2D eigenvalue weighted by molar-refractivity contribution is -0.134. The molecule has 0 bridgehead atoms. The van der Waals surface area contributed by atoms with E-state index in [1.165, 1.54) is 10.4 Å². The molecule has 1 saturated heterocycles. The molecule has 0 radical (unpaired) electrons. The molecule has 3 aromatic rings. The Morgan fingerprint density at radius 2 is 2.09 bits per heavy atom. The van der Waals surface area contributed by atoms with Crippen LogP contribution in [0.25, 0.3) is 22.1 Å². The number of likely N-dealkylation sites (tertiary alicyclic amines) is 1. The van der Waals surface area contributed by atoms with Gasteiger partial charge in [-0.05, 0) is 45.4 Å². The lowest BCUT2D eigenvalue weighted by Gasteiger charge is -2.48. The van der Waals surface area contributed by atoms with Gasteiger partial charge in [0, 0.05) is 49.0 Å². The van der Waals surface area contributed by atoms with Crippen molar-refractivity contribution in [2.75, 3.05) is 26.7 Å². The number of carbonyl (C=O) groups excluding carboxylic acids is 1. The third kappa shape index (κ3) is 3.73. The molecule has 8 nitrogen and oxygen atoms in total. The number of amides is 1. The minimum atomic E-state index is -0.504. The maximum Gasteiger partial charge on any atom is 0.239 e. The fraction of sp³-hybridized carbons (Fsp3) is 0.500. The molecule has 174 valence electrons. The summed E-state index contributed by atoms with van der Waals surface area (Å²) in [4.78, 5) is 25.1. The Kier molecular flexibility index (Phi) is 5.49. The number of carbonyl (C=O) groups is 1. The number of benzene rings is 1. The van der Waals surface area contributed by atoms with Crippen molar-refractivity contribution in [1.82, 2.24) is 30.0 Å². The van der Waals surface area contributed by atoms with Gasteiger partial charge >= 0.3 is 0 Å². The molecule has 0 spiro atoms. The Hall–Kier alpha value is -2.78. The average Bonchev–Trinajstić information content (AvgIpc) is 3.36. The van der Waals surface area contributed by atoms with E-state index in [1.54, 1.807) is 24.7 Å². The lowest BCUT2D eigenvalue weighted by atomic mass is 9.85. The molecule has 0 atom stereocenters. The van der Waals surface area contributed by atoms with Crippen LogP contribution in [0.2, 0.25) is 0 Å². The van der Waals surface area contributed by atoms with Crippen LogP contribution >= 0.6 is 11.3 Å². The molecule has 2 aliphatic rings. The van der Waals surface area contributed by atoms with E-state index in [-0.39, 0.29) is 11.9 Å². The first-order valence-corrected chi connectivity index (χ1v) is 12.2. The van der Waals surface area contributed by atoms with Gasteiger partial charge in [0.25, 0.3) is 0 Å². The predicted molar refractivity (Wildman–Crippen MR) is 129 cm³/mol. The molecule has 4 heterocycles. The Morgan fingerprint density at radius 1 is 1.30 bits per heavy atom. The number of nitrogens with one attached hydrogen (secondary N) is 1. The zero-order valence-corrected chi connectivity index (χ0v) is 20.6. The van der Waals surface area contributed by atoms with Crippen LogP contribution in [0, 0.1) is 0 Å². The molecular formula is C24H30N6O2S. The van der Waals surface area contributed by atoms with Gasteiger partial charge in [-0.3, -0.25) is 9.69 Å². The summed E-state index contributed by atoms with van der Waals surface area (Å²) in [5.41, 5.74) is 2.77. The number of hydrogen-bond acceptors (Lipinski definition) is 7. The third-order valence-corrected chi connectivity index (χ3v) is 7.84. The Morgan fingerprint density at radius 3 is 2.82 bits per heavy atom. The van der Waals surface area contributed by atoms with E-state index in [2.05, 4.69) is 52.3 Å². The number of aromatic nitrogens is 4. The van der Waals surface area contributed by atoms with Crippen LogP contribution in [-0.2, 0) is 11.2 Å². The highest BCUT2D eigenvalue weighted by Gasteiger charge is 2.42. The molecule has 1 N–H and O–H groups in total. The highest BCUT2D eigenvalue weighted by molar-refractivity contribution is 7.15. The number of thiazole rings is 1. The number of fused-ring (bicyclic) bond motifs is 3. The van der Waals surface area contributed by atoms with E-state index in [0.29, 0.717) is 12.5 Å². The van der Waals surface area contributed by atoms with E-state index in [4.69, 9.17) is 9.72 Å². The molecule has 0 unspecified atom stereocenters. The molecule has 1 aromatic carbocycles. The molecule has 2 aliphatic heterocycles. The standard InChI is InChI=1S/C24H30N6O2S/c1-14(2)30-21(26-13-27-30)22-28-20-17-7-6-15(10-18(17)32-9-8-19(20)33-22)16-11-29(12-16)24(3,4)23(31)25-5/h6-7,10,13-14,16H,8-9,11-12H2,1-5H3,(H,25,31). The fourth-order valence-corrected chi connectivity index (χ4v) is 5.61. The van der Waals surface area contributed by atoms with Crippen LogP contribution in [0.1, 0.15) is 50.1 Å². The van der Waals surface area contributed by atoms with Gasteiger partial charge in [-0.15, -0.1) is 11.3 Å². The topological polar surface area (TPSA) is 85.2 Å². The third-order valence-electron chi connectivity index (χ3n) is 6.72. The van der Waals surface area contributed by atoms with E-state index < -0.39 is 5.54 Å². The summed E-state index contributed by atoms with van der Waals surface area (Å²) in [7, 11) is 1.69. The van der Waals surface area contributed by atoms with Crippen molar-refractivity contribution in [2.45, 2.75) is 51.6 Å². The van der Waals surface area contributed by atoms with Gasteiger partial charge in [-0.25, -0.2) is 14.6 Å². The normalized spacial score (nSPS) is 16.5. The molecule has 1 fully saturated rings. The number of hydrogen-bond donors (Lipinski definition) is 1. The molecule has 9 heteroatoms. The van der Waals surface area contributed by atoms with Gasteiger partial charge in [0.05, 0.1) is 17.8 Å². The monoisotopic (exact) mass is 466 g/mol. The van der Waals surface area contributed by atoms with Gasteiger partial charge < -0.3 is 10.1 Å². The predicted octanol–water partition coefficient (Wildman–Crippen LogP) is 3.51. The molecule has 5 rings (SSSR count). The summed E-state index contributed by atoms with van der Waals surface area (Å²) in [6.07, 6.45) is 2.42. The number of nitrogens with zero attached hydrogens (tertiary/aromatic N) is 5. The Labute approximate surface area is 198 Å². The van der Waals surface area contributed by atoms with Crippen molar-refractivity contribution < 1.29 is 9.53 Å². The minimum absolute atomic E-state index is 0.0476. The zero-order chi connectivity index (χ0) is 23.3. The van der Waals surface area contributed by atoms with Crippen LogP contribution < -0.4 is 10.1 Å². The van der Waals surface area contributed by atoms with E-state index in [1.807, 2.05) is 18.5 Å². The summed E-state index contributed by atoms with van der Waals surface area (Å²) in [5, 5.41) is 8.03. The number of ether oxygens (including phenoxy) is 1. The van der Waals surface area contributed by atoms with Gasteiger partial charge in [0.1, 0.15) is 12.1 Å². The van der Waals surface area contributed by atoms with Crippen LogP contribution in [-0.4, -0.2) is 62.8 Å². The summed E-state index contributed by atoms with van der Waals surface area (Å²) in [5.74, 6) is 2.14. The first-order chi connectivity index (χ1) is 15.8. The summed E-state index contributed by atoms with van der Waals surface area (Å²) in [6, 6.07) is 6.70. The number of rotatable bonds is 5. The largest absolute Gasteiger partial charge is 0.492 e. The first-order valence-electron chi connectivity index (χ1n) is 11.4. The van der Waals surface area contributed by atoms with Crippen molar-refractivity contribution >= 4 is 17.2 Å². The molecule has 1 amide bonds. The second kappa shape index (κ2) is 8.22. The SMILES string of the molecule is CNC(=O)C(C)(C)N1CC(c2ccc3c(c2)OCCc2sc(-c4ncnn4C(C)C)nc2-3)C1. The van der Waals surface area contributed by atoms with Crippen molar-refractivity contribution in [3.05, 3.63) is 35.0 Å². The van der Waals surface area contributed by atoms with E-state index >= 15 is 0 Å². The second-order valence-electron chi connectivity index (χ2n) is 9.51. The summed E-state index contributed by atoms with van der Waals surface area (Å²) in [6.45, 7) is 10.5. The maximum atomic E-state index is 12.2. The Bertz CT molecular complexity index is 1190. The van der Waals surface area contributed by atoms with E-state index in [0.717, 1.165) is 47.3 Å². The van der Waals surface area contributed by atoms with Crippen LogP contribution in [0.5, 0.6) is 5.75 Å². The van der Waals surface area contributed by atoms with Crippen molar-refractivity contribution in [1.29, 1.82) is 0 Å². The second-order valence-corrected chi connectivity index (χ2v) is 10.6. The smallest absolute Gasteiger partial charge is 0.239 e. The molecule has 0 aliphatic carbocycles. The van der Waals surface area contributed by atoms with Crippen LogP contribution in [0.3, 0.4) is 0 Å². The Balaban J connectivity index is 1.41. The van der Waals surface area contributed by atoms with E-state index in [9.17, 15) is 4.79 Å². The lowest BCUT2D eigenvalue weighted by Crippen LogP contribution is -2.61. The maximum absolute atomic E-state index is 12.2. The van der Waals surface area contributed by atoms with Gasteiger partial charge in [-0.1, -0.05) is 6.07 Å². The van der Waals surface area contributed by atoms with Crippen LogP contribution in [0.15, 0.2) is 24.5 Å². The van der Waals surface area contributed by atoms with Gasteiger partial charge in [-0.2, -0.15) is 5.10 Å². The highest BCUT2D eigenvalue weighted by atomic mass is 32.1. The first kappa shape index (κ1) is 22.0. The quantitative estimate of drug-likeness (QED) is 0.619. The summed E-state index contributed by atoms with van der Waals surface area (Å²) >= 11 is 1.68. The van der Waals surface area contributed by atoms with Crippen LogP contribution in [0.4, 0.5) is 0 Å².